The summed E-state index contributed by atoms with van der Waals surface area (Å²) in [6.45, 7) is 7.99. The van der Waals surface area contributed by atoms with E-state index < -0.39 is 0 Å². The van der Waals surface area contributed by atoms with Gasteiger partial charge in [0.1, 0.15) is 5.75 Å². The van der Waals surface area contributed by atoms with E-state index in [1.807, 2.05) is 31.2 Å². The van der Waals surface area contributed by atoms with Crippen molar-refractivity contribution in [2.24, 2.45) is 0 Å². The molecule has 0 radical (unpaired) electrons. The van der Waals surface area contributed by atoms with Crippen LogP contribution in [0, 0.1) is 0 Å². The third kappa shape index (κ3) is 6.45. The van der Waals surface area contributed by atoms with Gasteiger partial charge >= 0.3 is 0 Å². The Morgan fingerprint density at radius 1 is 1.16 bits per heavy atom. The quantitative estimate of drug-likeness (QED) is 0.532. The van der Waals surface area contributed by atoms with Gasteiger partial charge in [0.2, 0.25) is 0 Å². The lowest BCUT2D eigenvalue weighted by Gasteiger charge is -2.27. The summed E-state index contributed by atoms with van der Waals surface area (Å²) in [6, 6.07) is 7.85. The van der Waals surface area contributed by atoms with E-state index in [0.717, 1.165) is 37.5 Å². The number of nitrogens with one attached hydrogen (secondary N) is 2. The minimum Gasteiger partial charge on any atom is -0.497 e. The zero-order valence-corrected chi connectivity index (χ0v) is 12.5. The number of anilines is 1. The van der Waals surface area contributed by atoms with Crippen molar-refractivity contribution in [1.82, 2.24) is 5.43 Å². The molecule has 1 rings (SSSR count). The van der Waals surface area contributed by atoms with Gasteiger partial charge in [0.05, 0.1) is 7.11 Å². The van der Waals surface area contributed by atoms with Crippen LogP contribution >= 0.6 is 0 Å². The molecule has 0 bridgehead atoms. The van der Waals surface area contributed by atoms with Gasteiger partial charge in [-0.2, -0.15) is 0 Å². The monoisotopic (exact) mass is 266 g/mol. The first kappa shape index (κ1) is 15.8. The van der Waals surface area contributed by atoms with Crippen molar-refractivity contribution in [3.8, 4) is 5.75 Å². The number of hydrogen-bond donors (Lipinski definition) is 2. The molecule has 2 N–H and O–H groups in total. The number of rotatable bonds is 9. The molecule has 0 fully saturated rings. The first-order valence-corrected chi connectivity index (χ1v) is 6.82. The predicted octanol–water partition coefficient (Wildman–Crippen LogP) is 3.21. The molecule has 108 valence electrons. The average molecular weight is 266 g/mol. The normalized spacial score (nSPS) is 11.4. The molecule has 0 aliphatic heterocycles. The SMILES string of the molecule is CCOCCCC(C)(C)NNc1ccc(OC)cc1. The second kappa shape index (κ2) is 8.02. The molecule has 0 spiro atoms. The van der Waals surface area contributed by atoms with Crippen molar-refractivity contribution >= 4 is 5.69 Å². The molecule has 0 saturated heterocycles. The van der Waals surface area contributed by atoms with Crippen LogP contribution in [0.1, 0.15) is 33.6 Å². The Kier molecular flexibility index (Phi) is 6.67. The Labute approximate surface area is 116 Å². The highest BCUT2D eigenvalue weighted by molar-refractivity contribution is 5.45. The van der Waals surface area contributed by atoms with Crippen molar-refractivity contribution in [3.05, 3.63) is 24.3 Å². The predicted molar refractivity (Wildman–Crippen MR) is 79.6 cm³/mol. The summed E-state index contributed by atoms with van der Waals surface area (Å²) in [4.78, 5) is 0. The Hall–Kier alpha value is -1.26. The maximum Gasteiger partial charge on any atom is 0.119 e. The van der Waals surface area contributed by atoms with Crippen LogP contribution in [0.3, 0.4) is 0 Å². The van der Waals surface area contributed by atoms with Crippen LogP contribution in [0.2, 0.25) is 0 Å². The molecular formula is C15H26N2O2. The molecule has 4 heteroatoms. The van der Waals surface area contributed by atoms with Gasteiger partial charge in [-0.05, 0) is 57.9 Å². The van der Waals surface area contributed by atoms with E-state index in [1.54, 1.807) is 7.11 Å². The number of benzene rings is 1. The van der Waals surface area contributed by atoms with Gasteiger partial charge in [-0.1, -0.05) is 0 Å². The molecule has 0 atom stereocenters. The number of hydrogen-bond acceptors (Lipinski definition) is 4. The molecule has 4 nitrogen and oxygen atoms in total. The maximum atomic E-state index is 5.36. The van der Waals surface area contributed by atoms with E-state index in [1.165, 1.54) is 0 Å². The molecule has 0 aromatic heterocycles. The Bertz CT molecular complexity index is 350. The standard InChI is InChI=1S/C15H26N2O2/c1-5-19-12-6-11-15(2,3)17-16-13-7-9-14(18-4)10-8-13/h7-10,16-17H,5-6,11-12H2,1-4H3. The van der Waals surface area contributed by atoms with E-state index in [9.17, 15) is 0 Å². The zero-order valence-electron chi connectivity index (χ0n) is 12.5. The highest BCUT2D eigenvalue weighted by Crippen LogP contribution is 2.16. The van der Waals surface area contributed by atoms with Gasteiger partial charge < -0.3 is 14.9 Å². The fraction of sp³-hybridized carbons (Fsp3) is 0.600. The lowest BCUT2D eigenvalue weighted by atomic mass is 10.00. The summed E-state index contributed by atoms with van der Waals surface area (Å²) in [5, 5.41) is 0. The second-order valence-corrected chi connectivity index (χ2v) is 5.16. The summed E-state index contributed by atoms with van der Waals surface area (Å²) in [5.41, 5.74) is 7.63. The summed E-state index contributed by atoms with van der Waals surface area (Å²) in [7, 11) is 1.67. The first-order valence-electron chi connectivity index (χ1n) is 6.82. The van der Waals surface area contributed by atoms with Crippen LogP contribution in [0.5, 0.6) is 5.75 Å². The van der Waals surface area contributed by atoms with E-state index in [0.29, 0.717) is 0 Å². The van der Waals surface area contributed by atoms with Crippen molar-refractivity contribution in [2.75, 3.05) is 25.7 Å². The molecule has 1 aromatic carbocycles. The summed E-state index contributed by atoms with van der Waals surface area (Å²) in [6.07, 6.45) is 2.11. The smallest absolute Gasteiger partial charge is 0.119 e. The molecule has 0 aliphatic carbocycles. The molecule has 0 amide bonds. The Morgan fingerprint density at radius 2 is 1.84 bits per heavy atom. The van der Waals surface area contributed by atoms with Crippen LogP contribution in [0.4, 0.5) is 5.69 Å². The van der Waals surface area contributed by atoms with Crippen LogP contribution < -0.4 is 15.6 Å². The molecule has 1 aromatic rings. The third-order valence-corrected chi connectivity index (χ3v) is 2.93. The minimum absolute atomic E-state index is 0.0248. The van der Waals surface area contributed by atoms with Gasteiger partial charge in [0, 0.05) is 24.4 Å². The maximum absolute atomic E-state index is 5.36. The second-order valence-electron chi connectivity index (χ2n) is 5.16. The van der Waals surface area contributed by atoms with Gasteiger partial charge in [-0.15, -0.1) is 0 Å². The van der Waals surface area contributed by atoms with E-state index in [2.05, 4.69) is 24.7 Å². The van der Waals surface area contributed by atoms with E-state index in [-0.39, 0.29) is 5.54 Å². The highest BCUT2D eigenvalue weighted by Gasteiger charge is 2.16. The lowest BCUT2D eigenvalue weighted by molar-refractivity contribution is 0.137. The fourth-order valence-corrected chi connectivity index (χ4v) is 1.74. The lowest BCUT2D eigenvalue weighted by Crippen LogP contribution is -2.43. The Morgan fingerprint density at radius 3 is 2.42 bits per heavy atom. The van der Waals surface area contributed by atoms with Crippen molar-refractivity contribution in [1.29, 1.82) is 0 Å². The van der Waals surface area contributed by atoms with E-state index >= 15 is 0 Å². The van der Waals surface area contributed by atoms with Gasteiger partial charge in [-0.25, -0.2) is 5.43 Å². The largest absolute Gasteiger partial charge is 0.497 e. The van der Waals surface area contributed by atoms with Gasteiger partial charge in [0.25, 0.3) is 0 Å². The minimum atomic E-state index is 0.0248. The molecule has 0 unspecified atom stereocenters. The van der Waals surface area contributed by atoms with Crippen LogP contribution in [0.25, 0.3) is 0 Å². The molecule has 0 aliphatic rings. The third-order valence-electron chi connectivity index (χ3n) is 2.93. The summed E-state index contributed by atoms with van der Waals surface area (Å²) < 4.78 is 10.5. The number of methoxy groups -OCH3 is 1. The van der Waals surface area contributed by atoms with Crippen molar-refractivity contribution < 1.29 is 9.47 Å². The number of hydrazine groups is 1. The average Bonchev–Trinajstić information content (AvgIpc) is 2.42. The van der Waals surface area contributed by atoms with Crippen LogP contribution in [-0.2, 0) is 4.74 Å². The molecule has 0 saturated carbocycles. The highest BCUT2D eigenvalue weighted by atomic mass is 16.5. The van der Waals surface area contributed by atoms with Crippen LogP contribution in [-0.4, -0.2) is 25.9 Å². The molecular weight excluding hydrogens is 240 g/mol. The number of ether oxygens (including phenoxy) is 2. The fourth-order valence-electron chi connectivity index (χ4n) is 1.74. The zero-order chi connectivity index (χ0) is 14.1. The van der Waals surface area contributed by atoms with Gasteiger partial charge in [-0.3, -0.25) is 0 Å². The summed E-state index contributed by atoms with van der Waals surface area (Å²) in [5.74, 6) is 0.863. The summed E-state index contributed by atoms with van der Waals surface area (Å²) >= 11 is 0. The van der Waals surface area contributed by atoms with Crippen molar-refractivity contribution in [3.63, 3.8) is 0 Å². The van der Waals surface area contributed by atoms with Crippen LogP contribution in [0.15, 0.2) is 24.3 Å². The molecule has 19 heavy (non-hydrogen) atoms. The van der Waals surface area contributed by atoms with Gasteiger partial charge in [0.15, 0.2) is 0 Å². The Balaban J connectivity index is 2.32. The first-order chi connectivity index (χ1) is 9.07. The topological polar surface area (TPSA) is 42.5 Å². The van der Waals surface area contributed by atoms with E-state index in [4.69, 9.17) is 9.47 Å². The molecule has 0 heterocycles. The van der Waals surface area contributed by atoms with Crippen molar-refractivity contribution in [2.45, 2.75) is 39.2 Å².